The van der Waals surface area contributed by atoms with Crippen LogP contribution in [0.1, 0.15) is 36.5 Å². The standard InChI is InChI=1S/C22H25F4NO2/c1-20(28,17-3-2-4-18(13-17)22(24,25)26)14-27-15-21(9-11-29-12-10-21)16-5-7-19(23)8-6-16/h2-8,13,27-28H,9-12,14-15H2,1H3. The number of halogens is 4. The summed E-state index contributed by atoms with van der Waals surface area (Å²) in [6.45, 7) is 3.21. The molecule has 1 aliphatic heterocycles. The molecule has 0 amide bonds. The van der Waals surface area contributed by atoms with Gasteiger partial charge in [0.2, 0.25) is 0 Å². The predicted molar refractivity (Wildman–Crippen MR) is 102 cm³/mol. The first-order valence-corrected chi connectivity index (χ1v) is 9.57. The van der Waals surface area contributed by atoms with E-state index in [0.717, 1.165) is 30.5 Å². The smallest absolute Gasteiger partial charge is 0.384 e. The molecule has 3 rings (SSSR count). The topological polar surface area (TPSA) is 41.5 Å². The van der Waals surface area contributed by atoms with Crippen molar-refractivity contribution in [3.05, 3.63) is 71.0 Å². The van der Waals surface area contributed by atoms with Crippen LogP contribution in [0.2, 0.25) is 0 Å². The van der Waals surface area contributed by atoms with Crippen molar-refractivity contribution in [2.24, 2.45) is 0 Å². The molecule has 3 nitrogen and oxygen atoms in total. The van der Waals surface area contributed by atoms with Crippen LogP contribution in [0.15, 0.2) is 48.5 Å². The van der Waals surface area contributed by atoms with E-state index in [4.69, 9.17) is 4.74 Å². The molecule has 2 aromatic carbocycles. The van der Waals surface area contributed by atoms with Crippen molar-refractivity contribution in [3.8, 4) is 0 Å². The summed E-state index contributed by atoms with van der Waals surface area (Å²) in [5, 5.41) is 14.0. The Hall–Kier alpha value is -1.96. The van der Waals surface area contributed by atoms with E-state index in [1.165, 1.54) is 31.2 Å². The van der Waals surface area contributed by atoms with E-state index >= 15 is 0 Å². The van der Waals surface area contributed by atoms with E-state index in [1.54, 1.807) is 12.1 Å². The van der Waals surface area contributed by atoms with E-state index < -0.39 is 17.3 Å². The van der Waals surface area contributed by atoms with E-state index in [1.807, 2.05) is 0 Å². The number of hydrogen-bond donors (Lipinski definition) is 2. The van der Waals surface area contributed by atoms with Crippen LogP contribution in [0.4, 0.5) is 17.6 Å². The summed E-state index contributed by atoms with van der Waals surface area (Å²) < 4.78 is 57.8. The molecule has 0 saturated carbocycles. The fraction of sp³-hybridized carbons (Fsp3) is 0.455. The second-order valence-corrected chi connectivity index (χ2v) is 7.86. The van der Waals surface area contributed by atoms with Gasteiger partial charge in [-0.05, 0) is 55.2 Å². The lowest BCUT2D eigenvalue weighted by atomic mass is 9.74. The third-order valence-corrected chi connectivity index (χ3v) is 5.65. The van der Waals surface area contributed by atoms with Gasteiger partial charge in [-0.1, -0.05) is 24.3 Å². The second-order valence-electron chi connectivity index (χ2n) is 7.86. The molecule has 0 radical (unpaired) electrons. The molecule has 0 aromatic heterocycles. The van der Waals surface area contributed by atoms with Gasteiger partial charge in [0.25, 0.3) is 0 Å². The van der Waals surface area contributed by atoms with Gasteiger partial charge in [-0.25, -0.2) is 4.39 Å². The molecule has 1 atom stereocenters. The SMILES string of the molecule is CC(O)(CNCC1(c2ccc(F)cc2)CCOCC1)c1cccc(C(F)(F)F)c1. The first kappa shape index (κ1) is 21.7. The quantitative estimate of drug-likeness (QED) is 0.693. The first-order valence-electron chi connectivity index (χ1n) is 9.57. The largest absolute Gasteiger partial charge is 0.416 e. The van der Waals surface area contributed by atoms with Gasteiger partial charge < -0.3 is 15.2 Å². The lowest BCUT2D eigenvalue weighted by Crippen LogP contribution is -2.46. The zero-order valence-corrected chi connectivity index (χ0v) is 16.2. The van der Waals surface area contributed by atoms with Crippen LogP contribution >= 0.6 is 0 Å². The number of hydrogen-bond acceptors (Lipinski definition) is 3. The summed E-state index contributed by atoms with van der Waals surface area (Å²) in [5.74, 6) is -0.309. The van der Waals surface area contributed by atoms with Crippen molar-refractivity contribution in [2.45, 2.75) is 37.0 Å². The zero-order valence-electron chi connectivity index (χ0n) is 16.2. The van der Waals surface area contributed by atoms with Gasteiger partial charge in [0.05, 0.1) is 11.2 Å². The van der Waals surface area contributed by atoms with Gasteiger partial charge >= 0.3 is 6.18 Å². The molecule has 0 bridgehead atoms. The normalized spacial score (nSPS) is 19.0. The molecular formula is C22H25F4NO2. The average molecular weight is 411 g/mol. The minimum absolute atomic E-state index is 0.0815. The Labute approximate surface area is 167 Å². The Bertz CT molecular complexity index is 812. The lowest BCUT2D eigenvalue weighted by Gasteiger charge is -2.39. The molecule has 158 valence electrons. The number of benzene rings is 2. The number of aliphatic hydroxyl groups is 1. The Morgan fingerprint density at radius 1 is 1.03 bits per heavy atom. The molecule has 2 aromatic rings. The average Bonchev–Trinajstić information content (AvgIpc) is 2.68. The van der Waals surface area contributed by atoms with Crippen LogP contribution < -0.4 is 5.32 Å². The minimum atomic E-state index is -4.46. The van der Waals surface area contributed by atoms with Gasteiger partial charge in [0.15, 0.2) is 0 Å². The highest BCUT2D eigenvalue weighted by Crippen LogP contribution is 2.35. The third-order valence-electron chi connectivity index (χ3n) is 5.65. The second kappa shape index (κ2) is 8.42. The van der Waals surface area contributed by atoms with Crippen LogP contribution in [0.25, 0.3) is 0 Å². The Morgan fingerprint density at radius 3 is 2.28 bits per heavy atom. The molecule has 1 saturated heterocycles. The molecular weight excluding hydrogens is 386 g/mol. The maximum atomic E-state index is 13.3. The summed E-state index contributed by atoms with van der Waals surface area (Å²) in [6, 6.07) is 11.1. The van der Waals surface area contributed by atoms with Crippen molar-refractivity contribution in [2.75, 3.05) is 26.3 Å². The van der Waals surface area contributed by atoms with E-state index in [2.05, 4.69) is 5.32 Å². The molecule has 1 unspecified atom stereocenters. The van der Waals surface area contributed by atoms with Gasteiger partial charge in [-0.3, -0.25) is 0 Å². The fourth-order valence-corrected chi connectivity index (χ4v) is 3.81. The molecule has 7 heteroatoms. The Balaban J connectivity index is 1.73. The summed E-state index contributed by atoms with van der Waals surface area (Å²) in [6.07, 6.45) is -3.00. The highest BCUT2D eigenvalue weighted by Gasteiger charge is 2.36. The molecule has 1 fully saturated rings. The van der Waals surface area contributed by atoms with Crippen LogP contribution in [0.3, 0.4) is 0 Å². The van der Waals surface area contributed by atoms with Crippen LogP contribution in [-0.4, -0.2) is 31.4 Å². The van der Waals surface area contributed by atoms with E-state index in [9.17, 15) is 22.7 Å². The van der Waals surface area contributed by atoms with Gasteiger partial charge in [0.1, 0.15) is 5.82 Å². The van der Waals surface area contributed by atoms with Gasteiger partial charge in [0, 0.05) is 31.7 Å². The Morgan fingerprint density at radius 2 is 1.66 bits per heavy atom. The highest BCUT2D eigenvalue weighted by molar-refractivity contribution is 5.30. The van der Waals surface area contributed by atoms with Crippen LogP contribution in [0.5, 0.6) is 0 Å². The molecule has 1 aliphatic rings. The van der Waals surface area contributed by atoms with Gasteiger partial charge in [-0.2, -0.15) is 13.2 Å². The predicted octanol–water partition coefficient (Wildman–Crippen LogP) is 4.39. The van der Waals surface area contributed by atoms with Crippen LogP contribution in [-0.2, 0) is 21.9 Å². The van der Waals surface area contributed by atoms with Crippen molar-refractivity contribution in [1.82, 2.24) is 5.32 Å². The first-order chi connectivity index (χ1) is 13.6. The maximum Gasteiger partial charge on any atom is 0.416 e. The summed E-state index contributed by atoms with van der Waals surface area (Å²) >= 11 is 0. The van der Waals surface area contributed by atoms with E-state index in [0.29, 0.717) is 19.8 Å². The maximum absolute atomic E-state index is 13.3. The fourth-order valence-electron chi connectivity index (χ4n) is 3.81. The molecule has 29 heavy (non-hydrogen) atoms. The van der Waals surface area contributed by atoms with Crippen LogP contribution in [0, 0.1) is 5.82 Å². The zero-order chi connectivity index (χ0) is 21.1. The van der Waals surface area contributed by atoms with Gasteiger partial charge in [-0.15, -0.1) is 0 Å². The van der Waals surface area contributed by atoms with Crippen molar-refractivity contribution in [3.63, 3.8) is 0 Å². The summed E-state index contributed by atoms with van der Waals surface area (Å²) in [4.78, 5) is 0. The summed E-state index contributed by atoms with van der Waals surface area (Å²) in [7, 11) is 0. The monoisotopic (exact) mass is 411 g/mol. The number of alkyl halides is 3. The molecule has 0 aliphatic carbocycles. The van der Waals surface area contributed by atoms with Crippen molar-refractivity contribution in [1.29, 1.82) is 0 Å². The van der Waals surface area contributed by atoms with E-state index in [-0.39, 0.29) is 23.3 Å². The number of ether oxygens (including phenoxy) is 1. The molecule has 0 spiro atoms. The van der Waals surface area contributed by atoms with Crippen molar-refractivity contribution < 1.29 is 27.4 Å². The third kappa shape index (κ3) is 5.15. The lowest BCUT2D eigenvalue weighted by molar-refractivity contribution is -0.137. The Kier molecular flexibility index (Phi) is 6.31. The number of rotatable bonds is 6. The number of nitrogens with one attached hydrogen (secondary N) is 1. The minimum Gasteiger partial charge on any atom is -0.384 e. The van der Waals surface area contributed by atoms with Crippen molar-refractivity contribution >= 4 is 0 Å². The summed E-state index contributed by atoms with van der Waals surface area (Å²) in [5.41, 5.74) is -1.37. The highest BCUT2D eigenvalue weighted by atomic mass is 19.4. The molecule has 1 heterocycles. The molecule has 2 N–H and O–H groups in total.